The Morgan fingerprint density at radius 3 is 2.54 bits per heavy atom. The Bertz CT molecular complexity index is 592. The van der Waals surface area contributed by atoms with Gasteiger partial charge in [-0.2, -0.15) is 0 Å². The highest BCUT2D eigenvalue weighted by Gasteiger charge is 2.11. The highest BCUT2D eigenvalue weighted by molar-refractivity contribution is 7.80. The first kappa shape index (κ1) is 19.7. The van der Waals surface area contributed by atoms with Gasteiger partial charge < -0.3 is 24.8 Å². The van der Waals surface area contributed by atoms with Crippen LogP contribution in [0.2, 0.25) is 0 Å². The molecule has 0 aliphatic carbocycles. The molecule has 0 unspecified atom stereocenters. The standard InChI is InChI=1S/C16H22N2O5S/c1-4-9-23-15(20)8-7-14(19)18-16(24)17-12-10-11(21-2)5-6-13(12)22-3/h5-6,10H,4,7-9H2,1-3H3,(H2,17,18,19,24). The van der Waals surface area contributed by atoms with Crippen molar-refractivity contribution in [3.05, 3.63) is 18.2 Å². The van der Waals surface area contributed by atoms with Crippen molar-refractivity contribution < 1.29 is 23.8 Å². The van der Waals surface area contributed by atoms with Crippen LogP contribution < -0.4 is 20.1 Å². The van der Waals surface area contributed by atoms with Gasteiger partial charge in [0.15, 0.2) is 5.11 Å². The van der Waals surface area contributed by atoms with Crippen LogP contribution in [0.5, 0.6) is 11.5 Å². The summed E-state index contributed by atoms with van der Waals surface area (Å²) in [6.45, 7) is 2.26. The van der Waals surface area contributed by atoms with Gasteiger partial charge in [-0.15, -0.1) is 0 Å². The molecule has 0 heterocycles. The van der Waals surface area contributed by atoms with Crippen LogP contribution in [0.15, 0.2) is 18.2 Å². The van der Waals surface area contributed by atoms with Crippen LogP contribution in [0.25, 0.3) is 0 Å². The van der Waals surface area contributed by atoms with Gasteiger partial charge in [0.25, 0.3) is 0 Å². The van der Waals surface area contributed by atoms with E-state index in [9.17, 15) is 9.59 Å². The summed E-state index contributed by atoms with van der Waals surface area (Å²) >= 11 is 5.09. The molecule has 0 aromatic heterocycles. The number of amides is 1. The summed E-state index contributed by atoms with van der Waals surface area (Å²) in [6, 6.07) is 5.16. The molecule has 0 aliphatic heterocycles. The molecule has 0 saturated heterocycles. The second-order valence-corrected chi connectivity index (χ2v) is 5.20. The molecule has 0 saturated carbocycles. The van der Waals surface area contributed by atoms with Crippen molar-refractivity contribution in [1.29, 1.82) is 0 Å². The lowest BCUT2D eigenvalue weighted by Crippen LogP contribution is -2.34. The third-order valence-electron chi connectivity index (χ3n) is 2.93. The number of thiocarbonyl (C=S) groups is 1. The van der Waals surface area contributed by atoms with Gasteiger partial charge in [0.2, 0.25) is 5.91 Å². The molecule has 0 atom stereocenters. The lowest BCUT2D eigenvalue weighted by atomic mass is 10.2. The van der Waals surface area contributed by atoms with E-state index in [0.717, 1.165) is 6.42 Å². The maximum Gasteiger partial charge on any atom is 0.306 e. The average Bonchev–Trinajstić information content (AvgIpc) is 2.57. The molecule has 24 heavy (non-hydrogen) atoms. The number of carbonyl (C=O) groups excluding carboxylic acids is 2. The van der Waals surface area contributed by atoms with Crippen LogP contribution in [0.1, 0.15) is 26.2 Å². The second-order valence-electron chi connectivity index (χ2n) is 4.79. The van der Waals surface area contributed by atoms with Crippen molar-refractivity contribution >= 4 is 34.9 Å². The fraction of sp³-hybridized carbons (Fsp3) is 0.438. The van der Waals surface area contributed by atoms with Gasteiger partial charge >= 0.3 is 5.97 Å². The van der Waals surface area contributed by atoms with Crippen LogP contribution >= 0.6 is 12.2 Å². The smallest absolute Gasteiger partial charge is 0.306 e. The number of esters is 1. The number of rotatable bonds is 8. The van der Waals surface area contributed by atoms with Crippen molar-refractivity contribution in [3.63, 3.8) is 0 Å². The highest BCUT2D eigenvalue weighted by Crippen LogP contribution is 2.28. The minimum Gasteiger partial charge on any atom is -0.497 e. The number of ether oxygens (including phenoxy) is 3. The summed E-state index contributed by atoms with van der Waals surface area (Å²) in [6.07, 6.45) is 0.755. The summed E-state index contributed by atoms with van der Waals surface area (Å²) in [7, 11) is 3.07. The molecular weight excluding hydrogens is 332 g/mol. The van der Waals surface area contributed by atoms with E-state index in [4.69, 9.17) is 26.4 Å². The molecule has 1 amide bonds. The summed E-state index contributed by atoms with van der Waals surface area (Å²) in [4.78, 5) is 23.2. The van der Waals surface area contributed by atoms with Gasteiger partial charge in [0.05, 0.1) is 32.9 Å². The predicted octanol–water partition coefficient (Wildman–Crippen LogP) is 2.25. The molecule has 1 aromatic rings. The van der Waals surface area contributed by atoms with Crippen LogP contribution in [0.4, 0.5) is 5.69 Å². The summed E-state index contributed by atoms with van der Waals surface area (Å²) < 4.78 is 15.3. The number of anilines is 1. The molecule has 8 heteroatoms. The van der Waals surface area contributed by atoms with Crippen LogP contribution in [-0.4, -0.2) is 37.8 Å². The molecule has 0 bridgehead atoms. The molecule has 132 valence electrons. The zero-order valence-electron chi connectivity index (χ0n) is 14.0. The van der Waals surface area contributed by atoms with E-state index in [0.29, 0.717) is 23.8 Å². The van der Waals surface area contributed by atoms with Crippen molar-refractivity contribution in [1.82, 2.24) is 5.32 Å². The van der Waals surface area contributed by atoms with E-state index in [-0.39, 0.29) is 23.9 Å². The lowest BCUT2D eigenvalue weighted by Gasteiger charge is -2.13. The van der Waals surface area contributed by atoms with E-state index in [1.54, 1.807) is 25.3 Å². The Kier molecular flexibility index (Phi) is 8.56. The largest absolute Gasteiger partial charge is 0.497 e. The first-order valence-electron chi connectivity index (χ1n) is 7.48. The van der Waals surface area contributed by atoms with Crippen LogP contribution in [-0.2, 0) is 14.3 Å². The minimum absolute atomic E-state index is 0.000384. The fourth-order valence-corrected chi connectivity index (χ4v) is 1.98. The highest BCUT2D eigenvalue weighted by atomic mass is 32.1. The van der Waals surface area contributed by atoms with Gasteiger partial charge in [0.1, 0.15) is 11.5 Å². The van der Waals surface area contributed by atoms with Gasteiger partial charge in [-0.05, 0) is 30.8 Å². The Morgan fingerprint density at radius 2 is 1.92 bits per heavy atom. The van der Waals surface area contributed by atoms with Gasteiger partial charge in [-0.1, -0.05) is 6.92 Å². The first-order chi connectivity index (χ1) is 11.5. The second kappa shape index (κ2) is 10.4. The molecule has 0 fully saturated rings. The number of nitrogens with one attached hydrogen (secondary N) is 2. The predicted molar refractivity (Wildman–Crippen MR) is 94.4 cm³/mol. The molecule has 7 nitrogen and oxygen atoms in total. The zero-order chi connectivity index (χ0) is 17.9. The Hall–Kier alpha value is -2.35. The summed E-state index contributed by atoms with van der Waals surface area (Å²) in [5, 5.41) is 5.48. The van der Waals surface area contributed by atoms with Gasteiger partial charge in [-0.3, -0.25) is 9.59 Å². The van der Waals surface area contributed by atoms with Crippen molar-refractivity contribution in [2.75, 3.05) is 26.1 Å². The van der Waals surface area contributed by atoms with E-state index in [1.807, 2.05) is 6.92 Å². The molecule has 1 rings (SSSR count). The van der Waals surface area contributed by atoms with Gasteiger partial charge in [0, 0.05) is 12.5 Å². The molecule has 0 aliphatic rings. The number of carbonyl (C=O) groups is 2. The average molecular weight is 354 g/mol. The van der Waals surface area contributed by atoms with E-state index < -0.39 is 5.97 Å². The van der Waals surface area contributed by atoms with Crippen LogP contribution in [0, 0.1) is 0 Å². The van der Waals surface area contributed by atoms with Crippen molar-refractivity contribution in [2.45, 2.75) is 26.2 Å². The normalized spacial score (nSPS) is 9.79. The van der Waals surface area contributed by atoms with E-state index >= 15 is 0 Å². The van der Waals surface area contributed by atoms with Crippen molar-refractivity contribution in [3.8, 4) is 11.5 Å². The molecule has 1 aromatic carbocycles. The summed E-state index contributed by atoms with van der Waals surface area (Å²) in [5.74, 6) is 0.393. The first-order valence-corrected chi connectivity index (χ1v) is 7.89. The third kappa shape index (κ3) is 6.82. The Labute approximate surface area is 146 Å². The number of benzene rings is 1. The topological polar surface area (TPSA) is 85.9 Å². The van der Waals surface area contributed by atoms with E-state index in [2.05, 4.69) is 10.6 Å². The Balaban J connectivity index is 2.51. The SMILES string of the molecule is CCCOC(=O)CCC(=O)NC(=S)Nc1cc(OC)ccc1OC. The molecule has 2 N–H and O–H groups in total. The monoisotopic (exact) mass is 354 g/mol. The number of hydrogen-bond donors (Lipinski definition) is 2. The molecule has 0 radical (unpaired) electrons. The molecule has 0 spiro atoms. The quantitative estimate of drug-likeness (QED) is 0.547. The molecular formula is C16H22N2O5S. The van der Waals surface area contributed by atoms with Gasteiger partial charge in [-0.25, -0.2) is 0 Å². The number of methoxy groups -OCH3 is 2. The zero-order valence-corrected chi connectivity index (χ0v) is 14.8. The van der Waals surface area contributed by atoms with Crippen LogP contribution in [0.3, 0.4) is 0 Å². The maximum atomic E-state index is 11.8. The maximum absolute atomic E-state index is 11.8. The summed E-state index contributed by atoms with van der Waals surface area (Å²) in [5.41, 5.74) is 0.560. The minimum atomic E-state index is -0.402. The van der Waals surface area contributed by atoms with E-state index in [1.165, 1.54) is 7.11 Å². The lowest BCUT2D eigenvalue weighted by molar-refractivity contribution is -0.144. The Morgan fingerprint density at radius 1 is 1.17 bits per heavy atom. The number of hydrogen-bond acceptors (Lipinski definition) is 6. The third-order valence-corrected chi connectivity index (χ3v) is 3.14. The fourth-order valence-electron chi connectivity index (χ4n) is 1.76. The van der Waals surface area contributed by atoms with Crippen molar-refractivity contribution in [2.24, 2.45) is 0 Å².